The highest BCUT2D eigenvalue weighted by molar-refractivity contribution is 5.79. The fourth-order valence-electron chi connectivity index (χ4n) is 3.48. The molecule has 1 aliphatic rings. The number of nitrogens with one attached hydrogen (secondary N) is 1. The predicted molar refractivity (Wildman–Crippen MR) is 104 cm³/mol. The molecule has 3 aromatic rings. The van der Waals surface area contributed by atoms with Crippen molar-refractivity contribution in [1.29, 1.82) is 0 Å². The van der Waals surface area contributed by atoms with E-state index in [-0.39, 0.29) is 5.82 Å². The molecule has 7 heteroatoms. The van der Waals surface area contributed by atoms with Gasteiger partial charge in [0.2, 0.25) is 5.88 Å². The van der Waals surface area contributed by atoms with Crippen molar-refractivity contribution in [1.82, 2.24) is 19.5 Å². The van der Waals surface area contributed by atoms with E-state index < -0.39 is 0 Å². The Labute approximate surface area is 158 Å². The van der Waals surface area contributed by atoms with Gasteiger partial charge in [0.25, 0.3) is 0 Å². The molecule has 0 aliphatic carbocycles. The Bertz CT molecular complexity index is 920. The molecule has 3 heterocycles. The molecule has 0 radical (unpaired) electrons. The van der Waals surface area contributed by atoms with Crippen molar-refractivity contribution in [3.63, 3.8) is 0 Å². The summed E-state index contributed by atoms with van der Waals surface area (Å²) >= 11 is 0. The van der Waals surface area contributed by atoms with E-state index in [9.17, 15) is 4.39 Å². The van der Waals surface area contributed by atoms with Gasteiger partial charge in [-0.25, -0.2) is 8.91 Å². The van der Waals surface area contributed by atoms with Crippen LogP contribution in [0, 0.1) is 5.82 Å². The molecule has 0 amide bonds. The van der Waals surface area contributed by atoms with Crippen molar-refractivity contribution in [2.45, 2.75) is 19.3 Å². The maximum atomic E-state index is 14.4. The van der Waals surface area contributed by atoms with Crippen LogP contribution in [0.2, 0.25) is 0 Å². The fourth-order valence-corrected chi connectivity index (χ4v) is 3.48. The minimum atomic E-state index is -0.303. The Morgan fingerprint density at radius 2 is 2.04 bits per heavy atom. The Morgan fingerprint density at radius 1 is 1.19 bits per heavy atom. The quantitative estimate of drug-likeness (QED) is 0.647. The van der Waals surface area contributed by atoms with Crippen LogP contribution in [0.25, 0.3) is 16.8 Å². The number of likely N-dealkylation sites (tertiary alicyclic amines) is 1. The standard InChI is InChI=1S/C20H24FN5O/c1-22-15-5-6-18(21)16(13-15)17-14-23-26-11-7-19(24-20(17)26)27-12-4-10-25-8-2-3-9-25/h5-7,11,13-14,22H,2-4,8-10,12H2,1H3. The number of nitrogens with zero attached hydrogens (tertiary/aromatic N) is 4. The Balaban J connectivity index is 1.51. The number of ether oxygens (including phenoxy) is 1. The fraction of sp³-hybridized carbons (Fsp3) is 0.400. The van der Waals surface area contributed by atoms with Gasteiger partial charge in [0, 0.05) is 42.7 Å². The van der Waals surface area contributed by atoms with Gasteiger partial charge in [-0.2, -0.15) is 10.1 Å². The molecule has 1 fully saturated rings. The van der Waals surface area contributed by atoms with Crippen LogP contribution < -0.4 is 10.1 Å². The maximum Gasteiger partial charge on any atom is 0.216 e. The zero-order valence-corrected chi connectivity index (χ0v) is 15.5. The monoisotopic (exact) mass is 369 g/mol. The zero-order chi connectivity index (χ0) is 18.6. The topological polar surface area (TPSA) is 54.7 Å². The van der Waals surface area contributed by atoms with E-state index in [1.807, 2.05) is 0 Å². The summed E-state index contributed by atoms with van der Waals surface area (Å²) in [6.45, 7) is 4.07. The summed E-state index contributed by atoms with van der Waals surface area (Å²) in [5, 5.41) is 7.32. The number of halogens is 1. The van der Waals surface area contributed by atoms with E-state index in [0.717, 1.165) is 18.7 Å². The lowest BCUT2D eigenvalue weighted by atomic mass is 10.1. The van der Waals surface area contributed by atoms with Gasteiger partial charge in [0.1, 0.15) is 5.82 Å². The lowest BCUT2D eigenvalue weighted by Gasteiger charge is -2.14. The number of benzene rings is 1. The second kappa shape index (κ2) is 7.92. The van der Waals surface area contributed by atoms with E-state index in [1.54, 1.807) is 42.2 Å². The van der Waals surface area contributed by atoms with Crippen molar-refractivity contribution in [3.05, 3.63) is 42.5 Å². The van der Waals surface area contributed by atoms with Crippen LogP contribution in [0.3, 0.4) is 0 Å². The van der Waals surface area contributed by atoms with Crippen molar-refractivity contribution < 1.29 is 9.13 Å². The number of rotatable bonds is 7. The minimum Gasteiger partial charge on any atom is -0.478 e. The number of fused-ring (bicyclic) bond motifs is 1. The van der Waals surface area contributed by atoms with Gasteiger partial charge >= 0.3 is 0 Å². The molecule has 142 valence electrons. The molecule has 2 aromatic heterocycles. The van der Waals surface area contributed by atoms with Gasteiger partial charge in [-0.15, -0.1) is 0 Å². The van der Waals surface area contributed by atoms with Crippen LogP contribution in [0.15, 0.2) is 36.7 Å². The van der Waals surface area contributed by atoms with Crippen LogP contribution in [0.4, 0.5) is 10.1 Å². The van der Waals surface area contributed by atoms with Gasteiger partial charge in [0.15, 0.2) is 5.65 Å². The van der Waals surface area contributed by atoms with Crippen molar-refractivity contribution in [2.75, 3.05) is 38.6 Å². The van der Waals surface area contributed by atoms with Crippen LogP contribution in [0.1, 0.15) is 19.3 Å². The summed E-state index contributed by atoms with van der Waals surface area (Å²) in [5.74, 6) is 0.235. The molecule has 1 aromatic carbocycles. The molecule has 1 N–H and O–H groups in total. The van der Waals surface area contributed by atoms with Crippen LogP contribution in [-0.4, -0.2) is 52.8 Å². The molecule has 0 bridgehead atoms. The molecule has 0 saturated carbocycles. The first-order valence-corrected chi connectivity index (χ1v) is 9.42. The average Bonchev–Trinajstić information content (AvgIpc) is 3.35. The molecule has 4 rings (SSSR count). The first-order chi connectivity index (χ1) is 13.2. The highest BCUT2D eigenvalue weighted by atomic mass is 19.1. The molecule has 0 spiro atoms. The van der Waals surface area contributed by atoms with Gasteiger partial charge < -0.3 is 15.0 Å². The number of aromatic nitrogens is 3. The molecule has 1 saturated heterocycles. The average molecular weight is 369 g/mol. The molecular weight excluding hydrogens is 345 g/mol. The molecule has 1 aliphatic heterocycles. The first kappa shape index (κ1) is 17.7. The summed E-state index contributed by atoms with van der Waals surface area (Å²) in [6, 6.07) is 6.70. The molecule has 0 atom stereocenters. The van der Waals surface area contributed by atoms with E-state index in [4.69, 9.17) is 4.74 Å². The van der Waals surface area contributed by atoms with Crippen LogP contribution in [0.5, 0.6) is 5.88 Å². The van der Waals surface area contributed by atoms with E-state index in [1.165, 1.54) is 32.0 Å². The van der Waals surface area contributed by atoms with E-state index in [0.29, 0.717) is 29.3 Å². The van der Waals surface area contributed by atoms with E-state index in [2.05, 4.69) is 20.3 Å². The largest absolute Gasteiger partial charge is 0.478 e. The van der Waals surface area contributed by atoms with E-state index >= 15 is 0 Å². The lowest BCUT2D eigenvalue weighted by molar-refractivity contribution is 0.257. The molecule has 0 unspecified atom stereocenters. The third-order valence-corrected chi connectivity index (χ3v) is 4.96. The van der Waals surface area contributed by atoms with Crippen LogP contribution >= 0.6 is 0 Å². The van der Waals surface area contributed by atoms with Crippen molar-refractivity contribution >= 4 is 11.3 Å². The first-order valence-electron chi connectivity index (χ1n) is 9.42. The maximum absolute atomic E-state index is 14.4. The second-order valence-electron chi connectivity index (χ2n) is 6.79. The summed E-state index contributed by atoms with van der Waals surface area (Å²) in [7, 11) is 1.81. The minimum absolute atomic E-state index is 0.303. The SMILES string of the molecule is CNc1ccc(F)c(-c2cnn3ccc(OCCCN4CCCC4)nc23)c1. The summed E-state index contributed by atoms with van der Waals surface area (Å²) in [5.41, 5.74) is 2.53. The van der Waals surface area contributed by atoms with Crippen molar-refractivity contribution in [2.24, 2.45) is 0 Å². The predicted octanol–water partition coefficient (Wildman–Crippen LogP) is 3.44. The Kier molecular flexibility index (Phi) is 5.20. The zero-order valence-electron chi connectivity index (χ0n) is 15.5. The summed E-state index contributed by atoms with van der Waals surface area (Å²) in [4.78, 5) is 7.02. The van der Waals surface area contributed by atoms with Gasteiger partial charge in [0.05, 0.1) is 12.8 Å². The third-order valence-electron chi connectivity index (χ3n) is 4.96. The second-order valence-corrected chi connectivity index (χ2v) is 6.79. The smallest absolute Gasteiger partial charge is 0.216 e. The molecular formula is C20H24FN5O. The highest BCUT2D eigenvalue weighted by Crippen LogP contribution is 2.29. The number of hydrogen-bond donors (Lipinski definition) is 1. The van der Waals surface area contributed by atoms with Crippen molar-refractivity contribution in [3.8, 4) is 17.0 Å². The summed E-state index contributed by atoms with van der Waals surface area (Å²) in [6.07, 6.45) is 7.00. The van der Waals surface area contributed by atoms with Crippen LogP contribution in [-0.2, 0) is 0 Å². The van der Waals surface area contributed by atoms with Gasteiger partial charge in [-0.05, 0) is 50.6 Å². The normalized spacial score (nSPS) is 14.7. The summed E-state index contributed by atoms with van der Waals surface area (Å²) < 4.78 is 21.8. The number of anilines is 1. The van der Waals surface area contributed by atoms with Gasteiger partial charge in [-0.1, -0.05) is 0 Å². The Hall–Kier alpha value is -2.67. The Morgan fingerprint density at radius 3 is 2.85 bits per heavy atom. The number of hydrogen-bond acceptors (Lipinski definition) is 5. The van der Waals surface area contributed by atoms with Gasteiger partial charge in [-0.3, -0.25) is 0 Å². The molecule has 6 nitrogen and oxygen atoms in total. The molecule has 27 heavy (non-hydrogen) atoms. The third kappa shape index (κ3) is 3.88. The lowest BCUT2D eigenvalue weighted by Crippen LogP contribution is -2.22. The highest BCUT2D eigenvalue weighted by Gasteiger charge is 2.14.